The number of aryl methyl sites for hydroxylation is 1. The largest absolute Gasteiger partial charge is 0.345 e. The Morgan fingerprint density at radius 2 is 2.23 bits per heavy atom. The Balaban J connectivity index is 1.63. The van der Waals surface area contributed by atoms with E-state index in [1.807, 2.05) is 34.8 Å². The van der Waals surface area contributed by atoms with E-state index in [4.69, 9.17) is 0 Å². The van der Waals surface area contributed by atoms with Gasteiger partial charge in [-0.15, -0.1) is 11.3 Å². The van der Waals surface area contributed by atoms with Crippen LogP contribution in [0.1, 0.15) is 22.6 Å². The zero-order chi connectivity index (χ0) is 15.4. The van der Waals surface area contributed by atoms with Crippen LogP contribution in [-0.2, 0) is 4.79 Å². The second-order valence-corrected chi connectivity index (χ2v) is 7.10. The van der Waals surface area contributed by atoms with E-state index in [1.54, 1.807) is 4.90 Å². The van der Waals surface area contributed by atoms with Crippen molar-refractivity contribution in [2.45, 2.75) is 13.3 Å². The van der Waals surface area contributed by atoms with Gasteiger partial charge in [0.2, 0.25) is 5.91 Å². The molecule has 2 aliphatic rings. The summed E-state index contributed by atoms with van der Waals surface area (Å²) >= 11 is 1.52. The summed E-state index contributed by atoms with van der Waals surface area (Å²) in [6.45, 7) is 3.88. The van der Waals surface area contributed by atoms with Gasteiger partial charge in [0.05, 0.1) is 11.6 Å². The van der Waals surface area contributed by atoms with Crippen molar-refractivity contribution in [2.24, 2.45) is 11.8 Å². The van der Waals surface area contributed by atoms with E-state index in [0.717, 1.165) is 23.6 Å². The predicted molar refractivity (Wildman–Crippen MR) is 82.9 cm³/mol. The van der Waals surface area contributed by atoms with Gasteiger partial charge in [-0.25, -0.2) is 4.98 Å². The molecule has 2 amide bonds. The molecule has 2 aromatic heterocycles. The molecule has 2 saturated heterocycles. The predicted octanol–water partition coefficient (Wildman–Crippen LogP) is 1.25. The van der Waals surface area contributed by atoms with Crippen LogP contribution in [0.4, 0.5) is 0 Å². The van der Waals surface area contributed by atoms with E-state index < -0.39 is 0 Å². The van der Waals surface area contributed by atoms with Crippen molar-refractivity contribution >= 4 is 28.1 Å². The summed E-state index contributed by atoms with van der Waals surface area (Å²) in [5, 5.41) is 1.93. The maximum atomic E-state index is 12.9. The summed E-state index contributed by atoms with van der Waals surface area (Å²) in [4.78, 5) is 34.1. The molecule has 2 fully saturated rings. The van der Waals surface area contributed by atoms with Gasteiger partial charge in [-0.1, -0.05) is 0 Å². The molecule has 0 saturated carbocycles. The van der Waals surface area contributed by atoms with Gasteiger partial charge in [-0.2, -0.15) is 0 Å². The Bertz CT molecular complexity index is 765. The van der Waals surface area contributed by atoms with E-state index in [9.17, 15) is 9.59 Å². The molecule has 0 aliphatic carbocycles. The van der Waals surface area contributed by atoms with Gasteiger partial charge >= 0.3 is 0 Å². The molecule has 116 valence electrons. The lowest BCUT2D eigenvalue weighted by atomic mass is 9.88. The van der Waals surface area contributed by atoms with Crippen LogP contribution in [0.15, 0.2) is 11.6 Å². The van der Waals surface area contributed by atoms with Crippen molar-refractivity contribution in [1.29, 1.82) is 0 Å². The Labute approximate surface area is 132 Å². The normalized spacial score (nSPS) is 25.1. The first kappa shape index (κ1) is 13.8. The fraction of sp³-hybridized carbons (Fsp3) is 0.533. The minimum atomic E-state index is -0.0334. The number of likely N-dealkylation sites (tertiary alicyclic amines) is 2. The number of nitrogens with zero attached hydrogens (tertiary/aromatic N) is 4. The van der Waals surface area contributed by atoms with E-state index in [0.29, 0.717) is 24.7 Å². The molecule has 6 nitrogen and oxygen atoms in total. The number of carbonyl (C=O) groups is 2. The highest BCUT2D eigenvalue weighted by Crippen LogP contribution is 2.32. The number of imidazole rings is 1. The second-order valence-electron chi connectivity index (χ2n) is 6.23. The molecule has 0 spiro atoms. The zero-order valence-corrected chi connectivity index (χ0v) is 13.5. The number of piperidine rings is 1. The summed E-state index contributed by atoms with van der Waals surface area (Å²) < 4.78 is 1.86. The van der Waals surface area contributed by atoms with Crippen molar-refractivity contribution in [3.63, 3.8) is 0 Å². The first-order valence-corrected chi connectivity index (χ1v) is 8.40. The minimum absolute atomic E-state index is 0.00625. The fourth-order valence-electron chi connectivity index (χ4n) is 3.66. The Morgan fingerprint density at radius 3 is 3.05 bits per heavy atom. The molecule has 0 aromatic carbocycles. The van der Waals surface area contributed by atoms with Crippen LogP contribution in [0.25, 0.3) is 4.96 Å². The number of rotatable bonds is 1. The average molecular weight is 318 g/mol. The van der Waals surface area contributed by atoms with Crippen molar-refractivity contribution in [3.05, 3.63) is 23.0 Å². The van der Waals surface area contributed by atoms with Gasteiger partial charge in [0.25, 0.3) is 5.91 Å². The molecule has 0 radical (unpaired) electrons. The Kier molecular flexibility index (Phi) is 3.00. The lowest BCUT2D eigenvalue weighted by Gasteiger charge is -2.30. The third-order valence-electron chi connectivity index (χ3n) is 4.90. The molecule has 0 unspecified atom stereocenters. The summed E-state index contributed by atoms with van der Waals surface area (Å²) in [5.41, 5.74) is 1.39. The quantitative estimate of drug-likeness (QED) is 0.795. The van der Waals surface area contributed by atoms with Gasteiger partial charge < -0.3 is 9.80 Å². The molecule has 2 aromatic rings. The van der Waals surface area contributed by atoms with Crippen LogP contribution >= 0.6 is 11.3 Å². The summed E-state index contributed by atoms with van der Waals surface area (Å²) in [5.74, 6) is 0.443. The van der Waals surface area contributed by atoms with Gasteiger partial charge in [-0.3, -0.25) is 14.0 Å². The number of aromatic nitrogens is 2. The second kappa shape index (κ2) is 4.81. The highest BCUT2D eigenvalue weighted by Gasteiger charge is 2.44. The monoisotopic (exact) mass is 318 g/mol. The van der Waals surface area contributed by atoms with Crippen LogP contribution in [0, 0.1) is 18.8 Å². The van der Waals surface area contributed by atoms with Crippen molar-refractivity contribution in [1.82, 2.24) is 19.2 Å². The van der Waals surface area contributed by atoms with Crippen molar-refractivity contribution in [3.8, 4) is 0 Å². The van der Waals surface area contributed by atoms with Crippen molar-refractivity contribution < 1.29 is 9.59 Å². The van der Waals surface area contributed by atoms with E-state index in [-0.39, 0.29) is 17.7 Å². The number of thiazole rings is 1. The smallest absolute Gasteiger partial charge is 0.272 e. The van der Waals surface area contributed by atoms with Crippen LogP contribution < -0.4 is 0 Å². The number of amides is 2. The summed E-state index contributed by atoms with van der Waals surface area (Å²) in [6, 6.07) is 0. The maximum Gasteiger partial charge on any atom is 0.272 e. The molecule has 22 heavy (non-hydrogen) atoms. The standard InChI is InChI=1S/C15H18N4O2S/c1-9-12(19-5-6-22-15(19)16-9)14(21)18-7-10-3-4-17(2)13(20)11(10)8-18/h5-6,10-11H,3-4,7-8H2,1-2H3/t10-,11+/m1/s1. The molecule has 7 heteroatoms. The third kappa shape index (κ3) is 1.88. The van der Waals surface area contributed by atoms with E-state index >= 15 is 0 Å². The highest BCUT2D eigenvalue weighted by atomic mass is 32.1. The van der Waals surface area contributed by atoms with Gasteiger partial charge in [0, 0.05) is 38.3 Å². The Morgan fingerprint density at radius 1 is 1.41 bits per heavy atom. The number of hydrogen-bond donors (Lipinski definition) is 0. The number of fused-ring (bicyclic) bond motifs is 2. The average Bonchev–Trinajstić information content (AvgIpc) is 3.16. The minimum Gasteiger partial charge on any atom is -0.345 e. The van der Waals surface area contributed by atoms with Crippen LogP contribution in [0.3, 0.4) is 0 Å². The highest BCUT2D eigenvalue weighted by molar-refractivity contribution is 7.15. The Hall–Kier alpha value is -1.89. The summed E-state index contributed by atoms with van der Waals surface area (Å²) in [6.07, 6.45) is 2.87. The zero-order valence-electron chi connectivity index (χ0n) is 12.7. The molecular formula is C15H18N4O2S. The summed E-state index contributed by atoms with van der Waals surface area (Å²) in [7, 11) is 1.85. The number of hydrogen-bond acceptors (Lipinski definition) is 4. The van der Waals surface area contributed by atoms with Crippen LogP contribution in [0.2, 0.25) is 0 Å². The van der Waals surface area contributed by atoms with Crippen LogP contribution in [0.5, 0.6) is 0 Å². The van der Waals surface area contributed by atoms with Gasteiger partial charge in [-0.05, 0) is 19.3 Å². The first-order valence-electron chi connectivity index (χ1n) is 7.52. The van der Waals surface area contributed by atoms with Crippen molar-refractivity contribution in [2.75, 3.05) is 26.7 Å². The molecule has 0 N–H and O–H groups in total. The topological polar surface area (TPSA) is 57.9 Å². The number of carbonyl (C=O) groups excluding carboxylic acids is 2. The van der Waals surface area contributed by atoms with E-state index in [1.165, 1.54) is 11.3 Å². The molecule has 2 aliphatic heterocycles. The first-order chi connectivity index (χ1) is 10.6. The van der Waals surface area contributed by atoms with Gasteiger partial charge in [0.1, 0.15) is 5.69 Å². The maximum absolute atomic E-state index is 12.9. The molecular weight excluding hydrogens is 300 g/mol. The van der Waals surface area contributed by atoms with E-state index in [2.05, 4.69) is 4.98 Å². The molecule has 2 atom stereocenters. The fourth-order valence-corrected chi connectivity index (χ4v) is 4.42. The van der Waals surface area contributed by atoms with Crippen LogP contribution in [-0.4, -0.2) is 57.7 Å². The molecule has 4 heterocycles. The van der Waals surface area contributed by atoms with Gasteiger partial charge in [0.15, 0.2) is 4.96 Å². The lowest BCUT2D eigenvalue weighted by molar-refractivity contribution is -0.137. The third-order valence-corrected chi connectivity index (χ3v) is 5.65. The lowest BCUT2D eigenvalue weighted by Crippen LogP contribution is -2.42. The molecule has 4 rings (SSSR count). The molecule has 0 bridgehead atoms. The SMILES string of the molecule is Cc1nc2sccn2c1C(=O)N1C[C@H]2CCN(C)C(=O)[C@H]2C1.